The number of aromatic nitrogens is 1. The van der Waals surface area contributed by atoms with Gasteiger partial charge in [-0.25, -0.2) is 4.98 Å². The summed E-state index contributed by atoms with van der Waals surface area (Å²) in [6, 6.07) is 4.26. The van der Waals surface area contributed by atoms with E-state index in [0.717, 1.165) is 31.9 Å². The lowest BCUT2D eigenvalue weighted by Crippen LogP contribution is -2.31. The molecule has 0 saturated heterocycles. The zero-order valence-electron chi connectivity index (χ0n) is 12.5. The number of pyridine rings is 1. The third-order valence-corrected chi connectivity index (χ3v) is 3.69. The number of rotatable bonds is 3. The van der Waals surface area contributed by atoms with E-state index < -0.39 is 0 Å². The molecule has 0 radical (unpaired) electrons. The van der Waals surface area contributed by atoms with Gasteiger partial charge >= 0.3 is 0 Å². The van der Waals surface area contributed by atoms with Gasteiger partial charge in [-0.1, -0.05) is 32.4 Å². The van der Waals surface area contributed by atoms with Crippen molar-refractivity contribution < 1.29 is 0 Å². The lowest BCUT2D eigenvalue weighted by molar-refractivity contribution is 0.472. The molecule has 0 aliphatic carbocycles. The van der Waals surface area contributed by atoms with E-state index in [1.54, 1.807) is 5.57 Å². The van der Waals surface area contributed by atoms with E-state index >= 15 is 0 Å². The SMILES string of the molecule is CNCc1ccnc(N2CC=C(C(C)(C)C)CC2)c1. The van der Waals surface area contributed by atoms with Gasteiger partial charge in [0.05, 0.1) is 0 Å². The van der Waals surface area contributed by atoms with Gasteiger partial charge in [-0.05, 0) is 36.6 Å². The zero-order chi connectivity index (χ0) is 13.9. The number of anilines is 1. The summed E-state index contributed by atoms with van der Waals surface area (Å²) in [5.41, 5.74) is 3.15. The first-order chi connectivity index (χ1) is 9.00. The first-order valence-corrected chi connectivity index (χ1v) is 7.04. The molecule has 2 rings (SSSR count). The predicted molar refractivity (Wildman–Crippen MR) is 81.4 cm³/mol. The number of nitrogens with one attached hydrogen (secondary N) is 1. The van der Waals surface area contributed by atoms with Crippen molar-refractivity contribution in [3.8, 4) is 0 Å². The Morgan fingerprint density at radius 1 is 1.37 bits per heavy atom. The largest absolute Gasteiger partial charge is 0.353 e. The molecular weight excluding hydrogens is 234 g/mol. The lowest BCUT2D eigenvalue weighted by atomic mass is 9.83. The van der Waals surface area contributed by atoms with Crippen LogP contribution in [0.25, 0.3) is 0 Å². The monoisotopic (exact) mass is 259 g/mol. The summed E-state index contributed by atoms with van der Waals surface area (Å²) < 4.78 is 0. The molecule has 3 heteroatoms. The summed E-state index contributed by atoms with van der Waals surface area (Å²) >= 11 is 0. The summed E-state index contributed by atoms with van der Waals surface area (Å²) in [5.74, 6) is 1.09. The summed E-state index contributed by atoms with van der Waals surface area (Å²) in [6.45, 7) is 9.81. The van der Waals surface area contributed by atoms with Crippen LogP contribution < -0.4 is 10.2 Å². The molecule has 0 unspecified atom stereocenters. The highest BCUT2D eigenvalue weighted by molar-refractivity contribution is 5.43. The maximum absolute atomic E-state index is 4.50. The van der Waals surface area contributed by atoms with Crippen LogP contribution in [0, 0.1) is 5.41 Å². The van der Waals surface area contributed by atoms with E-state index in [1.807, 2.05) is 13.2 Å². The van der Waals surface area contributed by atoms with Crippen molar-refractivity contribution in [3.63, 3.8) is 0 Å². The Kier molecular flexibility index (Phi) is 4.25. The fourth-order valence-electron chi connectivity index (χ4n) is 2.51. The first kappa shape index (κ1) is 14.1. The molecule has 0 fully saturated rings. The Balaban J connectivity index is 2.09. The third kappa shape index (κ3) is 3.57. The quantitative estimate of drug-likeness (QED) is 0.846. The highest BCUT2D eigenvalue weighted by atomic mass is 15.2. The van der Waals surface area contributed by atoms with Crippen LogP contribution in [0.5, 0.6) is 0 Å². The third-order valence-electron chi connectivity index (χ3n) is 3.69. The maximum atomic E-state index is 4.50. The van der Waals surface area contributed by atoms with Crippen LogP contribution in [-0.2, 0) is 6.54 Å². The molecule has 2 heterocycles. The van der Waals surface area contributed by atoms with Crippen molar-refractivity contribution in [1.29, 1.82) is 0 Å². The van der Waals surface area contributed by atoms with Gasteiger partial charge in [0, 0.05) is 25.8 Å². The minimum Gasteiger partial charge on any atom is -0.353 e. The van der Waals surface area contributed by atoms with Crippen molar-refractivity contribution in [1.82, 2.24) is 10.3 Å². The first-order valence-electron chi connectivity index (χ1n) is 7.04. The van der Waals surface area contributed by atoms with E-state index in [1.165, 1.54) is 5.56 Å². The van der Waals surface area contributed by atoms with Crippen LogP contribution in [0.3, 0.4) is 0 Å². The second-order valence-electron chi connectivity index (χ2n) is 6.23. The second-order valence-corrected chi connectivity index (χ2v) is 6.23. The van der Waals surface area contributed by atoms with E-state index in [9.17, 15) is 0 Å². The Labute approximate surface area is 116 Å². The van der Waals surface area contributed by atoms with Crippen LogP contribution >= 0.6 is 0 Å². The van der Waals surface area contributed by atoms with Gasteiger partial charge in [0.2, 0.25) is 0 Å². The highest BCUT2D eigenvalue weighted by Gasteiger charge is 2.21. The Bertz CT molecular complexity index is 457. The van der Waals surface area contributed by atoms with Crippen LogP contribution in [0.2, 0.25) is 0 Å². The van der Waals surface area contributed by atoms with Gasteiger partial charge in [-0.15, -0.1) is 0 Å². The zero-order valence-corrected chi connectivity index (χ0v) is 12.5. The van der Waals surface area contributed by atoms with Gasteiger partial charge in [-0.2, -0.15) is 0 Å². The molecule has 19 heavy (non-hydrogen) atoms. The number of nitrogens with zero attached hydrogens (tertiary/aromatic N) is 2. The van der Waals surface area contributed by atoms with Crippen molar-refractivity contribution >= 4 is 5.82 Å². The topological polar surface area (TPSA) is 28.2 Å². The molecule has 0 aromatic carbocycles. The molecule has 0 atom stereocenters. The van der Waals surface area contributed by atoms with E-state index in [0.29, 0.717) is 5.41 Å². The summed E-state index contributed by atoms with van der Waals surface area (Å²) in [5, 5.41) is 3.18. The van der Waals surface area contributed by atoms with E-state index in [-0.39, 0.29) is 0 Å². The maximum Gasteiger partial charge on any atom is 0.129 e. The van der Waals surface area contributed by atoms with Crippen LogP contribution in [0.4, 0.5) is 5.82 Å². The van der Waals surface area contributed by atoms with Crippen molar-refractivity contribution in [2.75, 3.05) is 25.0 Å². The fourth-order valence-corrected chi connectivity index (χ4v) is 2.51. The Morgan fingerprint density at radius 2 is 2.16 bits per heavy atom. The molecule has 1 N–H and O–H groups in total. The smallest absolute Gasteiger partial charge is 0.129 e. The molecule has 1 aromatic rings. The predicted octanol–water partition coefficient (Wildman–Crippen LogP) is 2.98. The van der Waals surface area contributed by atoms with Crippen molar-refractivity contribution in [2.45, 2.75) is 33.7 Å². The number of hydrogen-bond acceptors (Lipinski definition) is 3. The van der Waals surface area contributed by atoms with Gasteiger partial charge < -0.3 is 10.2 Å². The van der Waals surface area contributed by atoms with Gasteiger partial charge in [0.15, 0.2) is 0 Å². The molecule has 104 valence electrons. The molecule has 0 amide bonds. The average Bonchev–Trinajstić information content (AvgIpc) is 2.39. The highest BCUT2D eigenvalue weighted by Crippen LogP contribution is 2.31. The molecule has 1 aliphatic rings. The standard InChI is InChI=1S/C16H25N3/c1-16(2,3)14-6-9-19(10-7-14)15-11-13(12-17-4)5-8-18-15/h5-6,8,11,17H,7,9-10,12H2,1-4H3. The van der Waals surface area contributed by atoms with Crippen LogP contribution in [0.15, 0.2) is 30.0 Å². The lowest BCUT2D eigenvalue weighted by Gasteiger charge is -2.33. The number of hydrogen-bond donors (Lipinski definition) is 1. The molecule has 0 saturated carbocycles. The summed E-state index contributed by atoms with van der Waals surface area (Å²) in [6.07, 6.45) is 5.42. The van der Waals surface area contributed by atoms with Crippen molar-refractivity contribution in [2.24, 2.45) is 5.41 Å². The van der Waals surface area contributed by atoms with Crippen molar-refractivity contribution in [3.05, 3.63) is 35.5 Å². The molecular formula is C16H25N3. The Morgan fingerprint density at radius 3 is 2.74 bits per heavy atom. The molecule has 3 nitrogen and oxygen atoms in total. The normalized spacial score (nSPS) is 16.4. The van der Waals surface area contributed by atoms with Crippen LogP contribution in [0.1, 0.15) is 32.8 Å². The fraction of sp³-hybridized carbons (Fsp3) is 0.562. The van der Waals surface area contributed by atoms with Gasteiger partial charge in [0.1, 0.15) is 5.82 Å². The minimum atomic E-state index is 0.299. The summed E-state index contributed by atoms with van der Waals surface area (Å²) in [4.78, 5) is 6.86. The average molecular weight is 259 g/mol. The molecule has 1 aliphatic heterocycles. The second kappa shape index (κ2) is 5.74. The molecule has 0 spiro atoms. The summed E-state index contributed by atoms with van der Waals surface area (Å²) in [7, 11) is 1.97. The van der Waals surface area contributed by atoms with E-state index in [4.69, 9.17) is 0 Å². The Hall–Kier alpha value is -1.35. The molecule has 1 aromatic heterocycles. The van der Waals surface area contributed by atoms with Gasteiger partial charge in [-0.3, -0.25) is 0 Å². The minimum absolute atomic E-state index is 0.299. The van der Waals surface area contributed by atoms with E-state index in [2.05, 4.69) is 54.2 Å². The van der Waals surface area contributed by atoms with Gasteiger partial charge in [0.25, 0.3) is 0 Å². The molecule has 0 bridgehead atoms. The van der Waals surface area contributed by atoms with Crippen LogP contribution in [-0.4, -0.2) is 25.1 Å².